The number of aliphatic hydroxyl groups is 1. The maximum absolute atomic E-state index is 11.9. The third-order valence-electron chi connectivity index (χ3n) is 5.50. The number of hydrogen-bond donors (Lipinski definition) is 5. The molecule has 1 aliphatic heterocycles. The number of nitrogens with one attached hydrogen (secondary N) is 4. The molecule has 152 valence electrons. The monoisotopic (exact) mass is 397 g/mol. The number of nitrogens with zero attached hydrogens (tertiary/aromatic N) is 3. The average Bonchev–Trinajstić information content (AvgIpc) is 3.33. The van der Waals surface area contributed by atoms with E-state index in [9.17, 15) is 14.7 Å². The van der Waals surface area contributed by atoms with Crippen molar-refractivity contribution >= 4 is 35.3 Å². The van der Waals surface area contributed by atoms with E-state index in [-0.39, 0.29) is 17.8 Å². The Morgan fingerprint density at radius 1 is 1.07 bits per heavy atom. The Labute approximate surface area is 166 Å². The zero-order valence-corrected chi connectivity index (χ0v) is 15.8. The molecule has 0 spiro atoms. The number of aliphatic hydroxyl groups excluding tert-OH is 1. The molecule has 0 atom stereocenters. The molecule has 10 heteroatoms. The van der Waals surface area contributed by atoms with E-state index in [0.717, 1.165) is 50.2 Å². The second-order valence-corrected chi connectivity index (χ2v) is 7.90. The molecule has 3 fully saturated rings. The van der Waals surface area contributed by atoms with Crippen LogP contribution in [0.4, 0.5) is 16.4 Å². The first kappa shape index (κ1) is 17.9. The van der Waals surface area contributed by atoms with Crippen LogP contribution < -0.4 is 21.3 Å². The highest BCUT2D eigenvalue weighted by Crippen LogP contribution is 2.29. The van der Waals surface area contributed by atoms with Crippen molar-refractivity contribution in [2.45, 2.75) is 56.7 Å². The molecule has 0 bridgehead atoms. The van der Waals surface area contributed by atoms with Crippen LogP contribution in [0.5, 0.6) is 0 Å². The molecular formula is C19H23N7O3. The van der Waals surface area contributed by atoms with E-state index in [2.05, 4.69) is 26.4 Å². The van der Waals surface area contributed by atoms with E-state index in [1.807, 2.05) is 6.07 Å². The number of anilines is 2. The van der Waals surface area contributed by atoms with Gasteiger partial charge in [0.25, 0.3) is 5.91 Å². The van der Waals surface area contributed by atoms with Crippen molar-refractivity contribution in [2.24, 2.45) is 0 Å². The van der Waals surface area contributed by atoms with Crippen LogP contribution in [0.15, 0.2) is 18.0 Å². The number of aromatic nitrogens is 3. The molecule has 3 heterocycles. The smallest absolute Gasteiger partial charge is 0.326 e. The van der Waals surface area contributed by atoms with E-state index >= 15 is 0 Å². The van der Waals surface area contributed by atoms with Crippen molar-refractivity contribution in [3.63, 3.8) is 0 Å². The summed E-state index contributed by atoms with van der Waals surface area (Å²) in [6.07, 6.45) is 8.59. The molecule has 2 saturated carbocycles. The van der Waals surface area contributed by atoms with Crippen LogP contribution in [0, 0.1) is 0 Å². The number of hydrogen-bond acceptors (Lipinski definition) is 7. The van der Waals surface area contributed by atoms with Gasteiger partial charge in [0.05, 0.1) is 12.3 Å². The molecule has 29 heavy (non-hydrogen) atoms. The molecule has 0 aromatic carbocycles. The predicted molar refractivity (Wildman–Crippen MR) is 106 cm³/mol. The van der Waals surface area contributed by atoms with Crippen molar-refractivity contribution in [1.82, 2.24) is 25.2 Å². The van der Waals surface area contributed by atoms with E-state index in [1.165, 1.54) is 0 Å². The van der Waals surface area contributed by atoms with Crippen molar-refractivity contribution in [2.75, 3.05) is 10.6 Å². The molecule has 1 saturated heterocycles. The third-order valence-corrected chi connectivity index (χ3v) is 5.50. The lowest BCUT2D eigenvalue weighted by atomic mass is 9.93. The molecule has 0 unspecified atom stereocenters. The summed E-state index contributed by atoms with van der Waals surface area (Å²) >= 11 is 0. The van der Waals surface area contributed by atoms with E-state index in [4.69, 9.17) is 4.98 Å². The second kappa shape index (κ2) is 7.03. The lowest BCUT2D eigenvalue weighted by Gasteiger charge is -2.26. The number of urea groups is 1. The van der Waals surface area contributed by atoms with Crippen LogP contribution in [0.25, 0.3) is 11.7 Å². The highest BCUT2D eigenvalue weighted by atomic mass is 16.3. The molecular weight excluding hydrogens is 374 g/mol. The van der Waals surface area contributed by atoms with E-state index in [1.54, 1.807) is 16.8 Å². The fourth-order valence-electron chi connectivity index (χ4n) is 3.76. The maximum Gasteiger partial charge on any atom is 0.326 e. The zero-order valence-electron chi connectivity index (χ0n) is 15.8. The lowest BCUT2D eigenvalue weighted by Crippen LogP contribution is -2.28. The van der Waals surface area contributed by atoms with Gasteiger partial charge in [-0.05, 0) is 44.6 Å². The Balaban J connectivity index is 1.49. The highest BCUT2D eigenvalue weighted by Gasteiger charge is 2.26. The summed E-state index contributed by atoms with van der Waals surface area (Å²) in [4.78, 5) is 28.0. The summed E-state index contributed by atoms with van der Waals surface area (Å²) in [5, 5.41) is 25.8. The lowest BCUT2D eigenvalue weighted by molar-refractivity contribution is -0.115. The first-order valence-corrected chi connectivity index (χ1v) is 9.99. The Morgan fingerprint density at radius 2 is 1.79 bits per heavy atom. The Kier molecular flexibility index (Phi) is 4.35. The van der Waals surface area contributed by atoms with Gasteiger partial charge in [-0.15, -0.1) is 0 Å². The van der Waals surface area contributed by atoms with Gasteiger partial charge in [-0.1, -0.05) is 0 Å². The third kappa shape index (κ3) is 3.75. The number of carbonyl (C=O) groups is 2. The summed E-state index contributed by atoms with van der Waals surface area (Å²) in [6, 6.07) is 2.10. The first-order chi connectivity index (χ1) is 14.0. The average molecular weight is 397 g/mol. The van der Waals surface area contributed by atoms with Crippen molar-refractivity contribution in [3.8, 4) is 0 Å². The van der Waals surface area contributed by atoms with Gasteiger partial charge in [-0.3, -0.25) is 10.1 Å². The fraction of sp³-hybridized carbons (Fsp3) is 0.474. The number of carbonyl (C=O) groups excluding carboxylic acids is 2. The van der Waals surface area contributed by atoms with Gasteiger partial charge < -0.3 is 21.1 Å². The van der Waals surface area contributed by atoms with Crippen LogP contribution in [0.1, 0.15) is 44.1 Å². The number of fused-ring (bicyclic) bond motifs is 1. The standard InChI is InChI=1S/C19H23N7O3/c27-13-5-3-11(4-6-13)21-15-8-16(22-12-1-2-12)26-17(24-15)10(9-20-26)7-14-18(28)25-19(29)23-14/h7-9,11-13,22,27H,1-6H2,(H,21,24)(H2,23,25,28,29)/b14-7-/t11-,13-. The molecule has 3 amide bonds. The van der Waals surface area contributed by atoms with Crippen molar-refractivity contribution < 1.29 is 14.7 Å². The van der Waals surface area contributed by atoms with Gasteiger partial charge in [0, 0.05) is 23.7 Å². The summed E-state index contributed by atoms with van der Waals surface area (Å²) < 4.78 is 1.72. The summed E-state index contributed by atoms with van der Waals surface area (Å²) in [6.45, 7) is 0. The van der Waals surface area contributed by atoms with Crippen LogP contribution in [0.2, 0.25) is 0 Å². The molecule has 2 aromatic heterocycles. The Bertz CT molecular complexity index is 1000. The van der Waals surface area contributed by atoms with Gasteiger partial charge >= 0.3 is 6.03 Å². The van der Waals surface area contributed by atoms with Crippen LogP contribution in [0.3, 0.4) is 0 Å². The number of imide groups is 1. The minimum absolute atomic E-state index is 0.169. The van der Waals surface area contributed by atoms with E-state index in [0.29, 0.717) is 17.3 Å². The predicted octanol–water partition coefficient (Wildman–Crippen LogP) is 1.20. The van der Waals surface area contributed by atoms with Crippen LogP contribution in [-0.4, -0.2) is 49.8 Å². The van der Waals surface area contributed by atoms with Crippen LogP contribution in [-0.2, 0) is 4.79 Å². The fourth-order valence-corrected chi connectivity index (χ4v) is 3.76. The Morgan fingerprint density at radius 3 is 2.48 bits per heavy atom. The summed E-state index contributed by atoms with van der Waals surface area (Å²) in [7, 11) is 0. The Hall–Kier alpha value is -3.14. The largest absolute Gasteiger partial charge is 0.393 e. The van der Waals surface area contributed by atoms with Crippen molar-refractivity contribution in [3.05, 3.63) is 23.5 Å². The number of rotatable bonds is 5. The van der Waals surface area contributed by atoms with Gasteiger partial charge in [0.1, 0.15) is 17.3 Å². The first-order valence-electron chi connectivity index (χ1n) is 9.99. The minimum Gasteiger partial charge on any atom is -0.393 e. The van der Waals surface area contributed by atoms with Gasteiger partial charge in [-0.2, -0.15) is 9.61 Å². The normalized spacial score (nSPS) is 25.9. The molecule has 0 radical (unpaired) electrons. The molecule has 3 aliphatic rings. The maximum atomic E-state index is 11.9. The summed E-state index contributed by atoms with van der Waals surface area (Å²) in [5.41, 5.74) is 1.40. The number of amides is 3. The summed E-state index contributed by atoms with van der Waals surface area (Å²) in [5.74, 6) is 1.09. The topological polar surface area (TPSA) is 133 Å². The molecule has 5 N–H and O–H groups in total. The minimum atomic E-state index is -0.538. The van der Waals surface area contributed by atoms with Crippen molar-refractivity contribution in [1.29, 1.82) is 0 Å². The van der Waals surface area contributed by atoms with Gasteiger partial charge in [-0.25, -0.2) is 9.78 Å². The van der Waals surface area contributed by atoms with Gasteiger partial charge in [0.15, 0.2) is 5.65 Å². The quantitative estimate of drug-likeness (QED) is 0.378. The molecule has 5 rings (SSSR count). The highest BCUT2D eigenvalue weighted by molar-refractivity contribution is 6.14. The van der Waals surface area contributed by atoms with Crippen LogP contribution >= 0.6 is 0 Å². The molecule has 10 nitrogen and oxygen atoms in total. The second-order valence-electron chi connectivity index (χ2n) is 7.90. The molecule has 2 aromatic rings. The van der Waals surface area contributed by atoms with E-state index < -0.39 is 11.9 Å². The van der Waals surface area contributed by atoms with Gasteiger partial charge in [0.2, 0.25) is 0 Å². The molecule has 2 aliphatic carbocycles. The zero-order chi connectivity index (χ0) is 20.0. The SMILES string of the molecule is O=C1NC(=O)/C(=C/c2cnn3c(NC4CC4)cc(N[C@H]4CC[C@H](O)CC4)nc23)N1.